The first kappa shape index (κ1) is 31.9. The third kappa shape index (κ3) is 5.66. The van der Waals surface area contributed by atoms with Gasteiger partial charge in [0.05, 0.1) is 31.7 Å². The Hall–Kier alpha value is -5.08. The SMILES string of the molecule is BrC1=Cc2nc1c(-c1ccccc1)c1ccc([nH]1)c(-c1ccccc1)c1nc(c(-c3ccccc3)c3ccc([nH]3)c2-c2ccccc2)C(Br)=C1Br. The molecule has 51 heavy (non-hydrogen) atoms. The topological polar surface area (TPSA) is 57.4 Å². The predicted molar refractivity (Wildman–Crippen MR) is 224 cm³/mol. The van der Waals surface area contributed by atoms with Crippen molar-refractivity contribution in [3.05, 3.63) is 168 Å². The van der Waals surface area contributed by atoms with E-state index in [0.29, 0.717) is 0 Å². The van der Waals surface area contributed by atoms with E-state index < -0.39 is 0 Å². The van der Waals surface area contributed by atoms with E-state index >= 15 is 0 Å². The van der Waals surface area contributed by atoms with Crippen LogP contribution in [0.3, 0.4) is 0 Å². The Morgan fingerprint density at radius 2 is 0.686 bits per heavy atom. The molecule has 3 aromatic heterocycles. The van der Waals surface area contributed by atoms with E-state index in [0.717, 1.165) is 103 Å². The lowest BCUT2D eigenvalue weighted by atomic mass is 10.0. The monoisotopic (exact) mass is 848 g/mol. The Labute approximate surface area is 320 Å². The summed E-state index contributed by atoms with van der Waals surface area (Å²) in [5, 5.41) is 0. The zero-order valence-corrected chi connectivity index (χ0v) is 31.7. The second kappa shape index (κ2) is 13.2. The molecule has 4 nitrogen and oxygen atoms in total. The van der Waals surface area contributed by atoms with Crippen LogP contribution >= 0.6 is 47.8 Å². The number of fused-ring (bicyclic) bond motifs is 8. The van der Waals surface area contributed by atoms with Crippen LogP contribution in [0.1, 0.15) is 22.8 Å². The third-order valence-electron chi connectivity index (χ3n) is 9.22. The summed E-state index contributed by atoms with van der Waals surface area (Å²) < 4.78 is 2.67. The Kier molecular flexibility index (Phi) is 8.27. The summed E-state index contributed by atoms with van der Waals surface area (Å²) in [7, 11) is 0. The number of aromatic amines is 2. The molecule has 7 heteroatoms. The van der Waals surface area contributed by atoms with Gasteiger partial charge in [-0.25, -0.2) is 9.97 Å². The number of rotatable bonds is 4. The summed E-state index contributed by atoms with van der Waals surface area (Å²) in [5.74, 6) is 0. The van der Waals surface area contributed by atoms with Crippen molar-refractivity contribution in [2.24, 2.45) is 0 Å². The molecule has 0 radical (unpaired) electrons. The summed E-state index contributed by atoms with van der Waals surface area (Å²) in [6.07, 6.45) is 2.13. The molecule has 4 aromatic carbocycles. The molecule has 0 aliphatic carbocycles. The molecule has 5 heterocycles. The Morgan fingerprint density at radius 3 is 1.08 bits per heavy atom. The zero-order valence-electron chi connectivity index (χ0n) is 27.0. The molecule has 0 fully saturated rings. The molecule has 0 saturated carbocycles. The van der Waals surface area contributed by atoms with E-state index in [2.05, 4.69) is 185 Å². The van der Waals surface area contributed by atoms with Crippen molar-refractivity contribution in [1.29, 1.82) is 0 Å². The van der Waals surface area contributed by atoms with Crippen LogP contribution in [0.15, 0.2) is 146 Å². The van der Waals surface area contributed by atoms with Crippen molar-refractivity contribution < 1.29 is 0 Å². The summed E-state index contributed by atoms with van der Waals surface area (Å²) in [5.41, 5.74) is 15.3. The fraction of sp³-hybridized carbons (Fsp3) is 0. The van der Waals surface area contributed by atoms with Crippen LogP contribution in [0.5, 0.6) is 0 Å². The highest BCUT2D eigenvalue weighted by atomic mass is 79.9. The van der Waals surface area contributed by atoms with Crippen molar-refractivity contribution >= 4 is 89.4 Å². The number of hydrogen-bond acceptors (Lipinski definition) is 2. The van der Waals surface area contributed by atoms with Gasteiger partial charge in [-0.05, 0) is 100 Å². The average Bonchev–Trinajstić information content (AvgIpc) is 3.98. The van der Waals surface area contributed by atoms with Crippen LogP contribution in [0.25, 0.3) is 86.1 Å². The van der Waals surface area contributed by atoms with Crippen molar-refractivity contribution in [2.75, 3.05) is 0 Å². The van der Waals surface area contributed by atoms with Gasteiger partial charge in [-0.15, -0.1) is 0 Å². The highest BCUT2D eigenvalue weighted by Crippen LogP contribution is 2.47. The lowest BCUT2D eigenvalue weighted by Gasteiger charge is -2.07. The van der Waals surface area contributed by atoms with Gasteiger partial charge in [0, 0.05) is 48.8 Å². The van der Waals surface area contributed by atoms with Crippen LogP contribution in [0.4, 0.5) is 0 Å². The molecule has 0 atom stereocenters. The first-order valence-electron chi connectivity index (χ1n) is 16.5. The molecule has 2 aliphatic heterocycles. The van der Waals surface area contributed by atoms with Crippen molar-refractivity contribution in [1.82, 2.24) is 19.9 Å². The van der Waals surface area contributed by atoms with Crippen LogP contribution in [0.2, 0.25) is 0 Å². The minimum atomic E-state index is 0.830. The summed E-state index contributed by atoms with van der Waals surface area (Å²) in [6, 6.07) is 50.3. The van der Waals surface area contributed by atoms with E-state index in [-0.39, 0.29) is 0 Å². The van der Waals surface area contributed by atoms with Gasteiger partial charge in [0.1, 0.15) is 0 Å². The molecule has 0 amide bonds. The number of aromatic nitrogens is 4. The predicted octanol–water partition coefficient (Wildman–Crippen LogP) is 13.5. The maximum atomic E-state index is 5.46. The van der Waals surface area contributed by atoms with Gasteiger partial charge < -0.3 is 9.97 Å². The molecule has 9 rings (SSSR count). The van der Waals surface area contributed by atoms with E-state index in [9.17, 15) is 0 Å². The lowest BCUT2D eigenvalue weighted by Crippen LogP contribution is -1.90. The smallest absolute Gasteiger partial charge is 0.0891 e. The molecular weight excluding hydrogens is 824 g/mol. The van der Waals surface area contributed by atoms with Gasteiger partial charge in [-0.3, -0.25) is 0 Å². The molecule has 0 unspecified atom stereocenters. The number of benzene rings is 4. The van der Waals surface area contributed by atoms with E-state index in [4.69, 9.17) is 9.97 Å². The largest absolute Gasteiger partial charge is 0.354 e. The molecule has 244 valence electrons. The average molecular weight is 851 g/mol. The molecule has 2 N–H and O–H groups in total. The van der Waals surface area contributed by atoms with Crippen LogP contribution in [0, 0.1) is 0 Å². The van der Waals surface area contributed by atoms with Gasteiger partial charge in [-0.1, -0.05) is 121 Å². The second-order valence-electron chi connectivity index (χ2n) is 12.3. The van der Waals surface area contributed by atoms with Crippen LogP contribution in [-0.4, -0.2) is 19.9 Å². The molecule has 7 aromatic rings. The van der Waals surface area contributed by atoms with Crippen molar-refractivity contribution in [2.45, 2.75) is 0 Å². The third-order valence-corrected chi connectivity index (χ3v) is 11.9. The van der Waals surface area contributed by atoms with E-state index in [1.54, 1.807) is 0 Å². The Balaban J connectivity index is 1.53. The van der Waals surface area contributed by atoms with E-state index in [1.807, 2.05) is 24.3 Å². The van der Waals surface area contributed by atoms with Crippen molar-refractivity contribution in [3.8, 4) is 44.5 Å². The van der Waals surface area contributed by atoms with Gasteiger partial charge in [0.15, 0.2) is 0 Å². The van der Waals surface area contributed by atoms with Crippen LogP contribution < -0.4 is 0 Å². The first-order valence-corrected chi connectivity index (χ1v) is 18.9. The van der Waals surface area contributed by atoms with Crippen molar-refractivity contribution in [3.63, 3.8) is 0 Å². The molecular formula is C44H27Br3N4. The number of H-pyrrole nitrogens is 2. The van der Waals surface area contributed by atoms with E-state index in [1.165, 1.54) is 0 Å². The van der Waals surface area contributed by atoms with Gasteiger partial charge >= 0.3 is 0 Å². The normalized spacial score (nSPS) is 12.6. The number of nitrogens with one attached hydrogen (secondary N) is 2. The molecule has 8 bridgehead atoms. The number of nitrogens with zero attached hydrogens (tertiary/aromatic N) is 2. The molecule has 0 saturated heterocycles. The zero-order chi connectivity index (χ0) is 34.5. The van der Waals surface area contributed by atoms with Crippen LogP contribution in [-0.2, 0) is 0 Å². The highest BCUT2D eigenvalue weighted by Gasteiger charge is 2.26. The maximum Gasteiger partial charge on any atom is 0.0891 e. The van der Waals surface area contributed by atoms with Gasteiger partial charge in [0.25, 0.3) is 0 Å². The fourth-order valence-corrected chi connectivity index (χ4v) is 8.39. The number of halogens is 3. The summed E-state index contributed by atoms with van der Waals surface area (Å²) in [4.78, 5) is 18.5. The molecule has 0 spiro atoms. The highest BCUT2D eigenvalue weighted by molar-refractivity contribution is 9.18. The maximum absolute atomic E-state index is 5.46. The van der Waals surface area contributed by atoms with Gasteiger partial charge in [0.2, 0.25) is 0 Å². The number of hydrogen-bond donors (Lipinski definition) is 2. The quantitative estimate of drug-likeness (QED) is 0.185. The summed E-state index contributed by atoms with van der Waals surface area (Å²) >= 11 is 11.9. The summed E-state index contributed by atoms with van der Waals surface area (Å²) in [6.45, 7) is 0. The minimum absolute atomic E-state index is 0.830. The second-order valence-corrected chi connectivity index (χ2v) is 14.8. The molecule has 2 aliphatic rings. The minimum Gasteiger partial charge on any atom is -0.354 e. The fourth-order valence-electron chi connectivity index (χ4n) is 6.94. The lowest BCUT2D eigenvalue weighted by molar-refractivity contribution is 1.31. The Bertz CT molecular complexity index is 2690. The standard InChI is InChI=1S/C44H27Br3N4/c45-30-25-35-36(26-13-5-1-6-14-26)31-21-22-33(48-31)38(28-17-9-3-10-18-28)43-40(46)41(47)44(51-43)39(29-19-11-4-12-20-29)34-24-23-32(49-34)37(42(30)50-35)27-15-7-2-8-16-27/h1-25,48-49H. The van der Waals surface area contributed by atoms with Gasteiger partial charge in [-0.2, -0.15) is 0 Å². The Morgan fingerprint density at radius 1 is 0.353 bits per heavy atom. The first-order chi connectivity index (χ1) is 25.0.